The van der Waals surface area contributed by atoms with Crippen LogP contribution in [0.4, 0.5) is 0 Å². The van der Waals surface area contributed by atoms with Gasteiger partial charge in [0.1, 0.15) is 0 Å². The van der Waals surface area contributed by atoms with Crippen molar-refractivity contribution in [1.82, 2.24) is 0 Å². The standard InChI is InChI=1S/C13H22O2/c1-5-13(10(14)15)8-9-6-7-12(13,4)11(9,2)3/h9H,5-8H2,1-4H3,(H,14,15). The molecule has 2 aliphatic carbocycles. The van der Waals surface area contributed by atoms with Gasteiger partial charge in [-0.1, -0.05) is 27.7 Å². The number of carboxylic acids is 1. The van der Waals surface area contributed by atoms with Gasteiger partial charge in [0.15, 0.2) is 0 Å². The van der Waals surface area contributed by atoms with E-state index in [0.29, 0.717) is 5.92 Å². The van der Waals surface area contributed by atoms with E-state index in [1.54, 1.807) is 0 Å². The summed E-state index contributed by atoms with van der Waals surface area (Å²) in [6, 6.07) is 0. The summed E-state index contributed by atoms with van der Waals surface area (Å²) < 4.78 is 0. The van der Waals surface area contributed by atoms with Gasteiger partial charge in [0.2, 0.25) is 0 Å². The average molecular weight is 210 g/mol. The third kappa shape index (κ3) is 0.938. The first-order valence-corrected chi connectivity index (χ1v) is 6.05. The fourth-order valence-electron chi connectivity index (χ4n) is 4.46. The molecule has 15 heavy (non-hydrogen) atoms. The lowest BCUT2D eigenvalue weighted by molar-refractivity contribution is -0.160. The first-order valence-electron chi connectivity index (χ1n) is 6.05. The molecule has 0 aromatic rings. The first-order chi connectivity index (χ1) is 6.82. The van der Waals surface area contributed by atoms with Crippen molar-refractivity contribution in [2.45, 2.75) is 53.4 Å². The van der Waals surface area contributed by atoms with E-state index >= 15 is 0 Å². The molecule has 2 heteroatoms. The SMILES string of the molecule is CCC1(C(=O)O)CC2CCC1(C)C2(C)C. The van der Waals surface area contributed by atoms with Crippen LogP contribution in [-0.4, -0.2) is 11.1 Å². The summed E-state index contributed by atoms with van der Waals surface area (Å²) in [6.45, 7) is 8.78. The maximum atomic E-state index is 11.6. The largest absolute Gasteiger partial charge is 0.481 e. The van der Waals surface area contributed by atoms with E-state index in [2.05, 4.69) is 20.8 Å². The number of rotatable bonds is 2. The van der Waals surface area contributed by atoms with Gasteiger partial charge in [-0.25, -0.2) is 0 Å². The lowest BCUT2D eigenvalue weighted by Gasteiger charge is -2.45. The van der Waals surface area contributed by atoms with Crippen molar-refractivity contribution in [3.8, 4) is 0 Å². The van der Waals surface area contributed by atoms with Crippen molar-refractivity contribution in [2.24, 2.45) is 22.2 Å². The minimum atomic E-state index is -0.567. The van der Waals surface area contributed by atoms with Crippen LogP contribution in [0.1, 0.15) is 53.4 Å². The molecule has 3 unspecified atom stereocenters. The molecule has 0 saturated heterocycles. The number of aliphatic carboxylic acids is 1. The van der Waals surface area contributed by atoms with Crippen molar-refractivity contribution in [2.75, 3.05) is 0 Å². The zero-order chi connectivity index (χ0) is 11.5. The fourth-order valence-corrected chi connectivity index (χ4v) is 4.46. The van der Waals surface area contributed by atoms with Gasteiger partial charge < -0.3 is 5.11 Å². The molecule has 0 amide bonds. The van der Waals surface area contributed by atoms with E-state index in [9.17, 15) is 9.90 Å². The minimum absolute atomic E-state index is 0.00868. The second-order valence-corrected chi connectivity index (χ2v) is 6.23. The molecule has 0 aliphatic heterocycles. The van der Waals surface area contributed by atoms with Crippen LogP contribution >= 0.6 is 0 Å². The van der Waals surface area contributed by atoms with Crippen LogP contribution in [0.15, 0.2) is 0 Å². The Labute approximate surface area is 92.1 Å². The molecular formula is C13H22O2. The number of hydrogen-bond acceptors (Lipinski definition) is 1. The molecule has 0 aromatic heterocycles. The highest BCUT2D eigenvalue weighted by Gasteiger charge is 2.70. The topological polar surface area (TPSA) is 37.3 Å². The van der Waals surface area contributed by atoms with Gasteiger partial charge in [0, 0.05) is 0 Å². The van der Waals surface area contributed by atoms with Gasteiger partial charge in [-0.3, -0.25) is 4.79 Å². The third-order valence-corrected chi connectivity index (χ3v) is 6.10. The summed E-state index contributed by atoms with van der Waals surface area (Å²) in [5, 5.41) is 9.58. The van der Waals surface area contributed by atoms with Gasteiger partial charge in [0.25, 0.3) is 0 Å². The summed E-state index contributed by atoms with van der Waals surface area (Å²) in [4.78, 5) is 11.6. The number of fused-ring (bicyclic) bond motifs is 2. The average Bonchev–Trinajstić information content (AvgIpc) is 2.47. The van der Waals surface area contributed by atoms with Gasteiger partial charge in [0.05, 0.1) is 5.41 Å². The van der Waals surface area contributed by atoms with E-state index in [-0.39, 0.29) is 10.8 Å². The summed E-state index contributed by atoms with van der Waals surface area (Å²) in [5.74, 6) is 0.0429. The molecule has 2 bridgehead atoms. The smallest absolute Gasteiger partial charge is 0.310 e. The number of carbonyl (C=O) groups is 1. The number of carboxylic acid groups (broad SMARTS) is 1. The molecule has 0 spiro atoms. The molecule has 0 heterocycles. The Morgan fingerprint density at radius 3 is 2.20 bits per heavy atom. The Morgan fingerprint density at radius 2 is 2.00 bits per heavy atom. The van der Waals surface area contributed by atoms with Crippen molar-refractivity contribution < 1.29 is 9.90 Å². The van der Waals surface area contributed by atoms with Crippen LogP contribution in [0.3, 0.4) is 0 Å². The summed E-state index contributed by atoms with van der Waals surface area (Å²) in [5.41, 5.74) is -0.272. The highest BCUT2D eigenvalue weighted by Crippen LogP contribution is 2.74. The van der Waals surface area contributed by atoms with E-state index in [1.807, 2.05) is 6.92 Å². The highest BCUT2D eigenvalue weighted by molar-refractivity contribution is 5.77. The Kier molecular flexibility index (Phi) is 2.03. The first kappa shape index (κ1) is 11.0. The van der Waals surface area contributed by atoms with Gasteiger partial charge in [-0.05, 0) is 42.4 Å². The van der Waals surface area contributed by atoms with Gasteiger partial charge >= 0.3 is 5.97 Å². The lowest BCUT2D eigenvalue weighted by Crippen LogP contribution is -2.46. The third-order valence-electron chi connectivity index (χ3n) is 6.10. The molecule has 86 valence electrons. The van der Waals surface area contributed by atoms with Crippen molar-refractivity contribution in [3.05, 3.63) is 0 Å². The fraction of sp³-hybridized carbons (Fsp3) is 0.923. The maximum Gasteiger partial charge on any atom is 0.310 e. The van der Waals surface area contributed by atoms with Crippen LogP contribution in [0.25, 0.3) is 0 Å². The number of hydrogen-bond donors (Lipinski definition) is 1. The maximum absolute atomic E-state index is 11.6. The molecule has 2 aliphatic rings. The molecular weight excluding hydrogens is 188 g/mol. The van der Waals surface area contributed by atoms with Crippen LogP contribution < -0.4 is 0 Å². The van der Waals surface area contributed by atoms with Crippen molar-refractivity contribution in [1.29, 1.82) is 0 Å². The lowest BCUT2D eigenvalue weighted by atomic mass is 9.57. The summed E-state index contributed by atoms with van der Waals surface area (Å²) >= 11 is 0. The van der Waals surface area contributed by atoms with E-state index in [0.717, 1.165) is 19.3 Å². The normalized spacial score (nSPS) is 47.1. The second kappa shape index (κ2) is 2.78. The zero-order valence-corrected chi connectivity index (χ0v) is 10.3. The highest BCUT2D eigenvalue weighted by atomic mass is 16.4. The van der Waals surface area contributed by atoms with Crippen LogP contribution in [0.5, 0.6) is 0 Å². The van der Waals surface area contributed by atoms with Gasteiger partial charge in [-0.15, -0.1) is 0 Å². The predicted octanol–water partition coefficient (Wildman–Crippen LogP) is 3.31. The van der Waals surface area contributed by atoms with Crippen molar-refractivity contribution >= 4 is 5.97 Å². The Hall–Kier alpha value is -0.530. The molecule has 0 radical (unpaired) electrons. The molecule has 3 atom stereocenters. The summed E-state index contributed by atoms with van der Waals surface area (Å²) in [6.07, 6.45) is 3.98. The molecule has 2 nitrogen and oxygen atoms in total. The molecule has 2 rings (SSSR count). The predicted molar refractivity (Wildman–Crippen MR) is 59.6 cm³/mol. The molecule has 0 aromatic carbocycles. The molecule has 1 N–H and O–H groups in total. The Balaban J connectivity index is 2.52. The Bertz CT molecular complexity index is 308. The van der Waals surface area contributed by atoms with E-state index in [4.69, 9.17) is 0 Å². The van der Waals surface area contributed by atoms with E-state index < -0.39 is 11.4 Å². The van der Waals surface area contributed by atoms with Crippen LogP contribution in [0.2, 0.25) is 0 Å². The monoisotopic (exact) mass is 210 g/mol. The summed E-state index contributed by atoms with van der Waals surface area (Å²) in [7, 11) is 0. The second-order valence-electron chi connectivity index (χ2n) is 6.23. The quantitative estimate of drug-likeness (QED) is 0.759. The molecule has 2 saturated carbocycles. The van der Waals surface area contributed by atoms with Gasteiger partial charge in [-0.2, -0.15) is 0 Å². The minimum Gasteiger partial charge on any atom is -0.481 e. The van der Waals surface area contributed by atoms with E-state index in [1.165, 1.54) is 6.42 Å². The Morgan fingerprint density at radius 1 is 1.40 bits per heavy atom. The zero-order valence-electron chi connectivity index (χ0n) is 10.3. The van der Waals surface area contributed by atoms with Crippen LogP contribution in [-0.2, 0) is 4.79 Å². The molecule has 2 fully saturated rings. The van der Waals surface area contributed by atoms with Crippen molar-refractivity contribution in [3.63, 3.8) is 0 Å². The van der Waals surface area contributed by atoms with Crippen LogP contribution in [0, 0.1) is 22.2 Å².